The molecular formula is C24H20FN4O9+. The third kappa shape index (κ3) is 5.75. The first-order valence-electron chi connectivity index (χ1n) is 10.7. The van der Waals surface area contributed by atoms with Crippen LogP contribution in [0.5, 0.6) is 17.2 Å². The van der Waals surface area contributed by atoms with Crippen LogP contribution in [0.2, 0.25) is 0 Å². The highest BCUT2D eigenvalue weighted by Crippen LogP contribution is 2.39. The largest absolute Gasteiger partial charge is 0.451 e. The standard InChI is InChI=1S/C24H19FN4O9/c1-11(30)36-17-9-14(10-18(37-12(2)31)20(17)38-13(3)32)22(33)27-19-21(26)29(24(35)28(4)23(19)34)16-7-5-15(25)6-8-16/h5-10,26H,1-4H3/p+1. The van der Waals surface area contributed by atoms with Crippen LogP contribution in [0.15, 0.2) is 41.4 Å². The van der Waals surface area contributed by atoms with Crippen LogP contribution in [0.25, 0.3) is 0 Å². The molecule has 0 saturated carbocycles. The van der Waals surface area contributed by atoms with Crippen LogP contribution in [-0.2, 0) is 19.2 Å². The van der Waals surface area contributed by atoms with Crippen LogP contribution in [0.1, 0.15) is 31.1 Å². The molecule has 0 spiro atoms. The van der Waals surface area contributed by atoms with Gasteiger partial charge in [-0.05, 0) is 36.4 Å². The number of hydrogen-bond acceptors (Lipinski definition) is 10. The molecule has 2 aromatic carbocycles. The zero-order valence-electron chi connectivity index (χ0n) is 20.4. The summed E-state index contributed by atoms with van der Waals surface area (Å²) in [6.07, 6.45) is 0. The number of aliphatic imine (C=N–C) groups is 1. The van der Waals surface area contributed by atoms with Crippen molar-refractivity contribution in [3.8, 4) is 17.2 Å². The molecule has 1 heterocycles. The van der Waals surface area contributed by atoms with Gasteiger partial charge in [0.1, 0.15) is 11.5 Å². The monoisotopic (exact) mass is 527 g/mol. The molecule has 0 unspecified atom stereocenters. The summed E-state index contributed by atoms with van der Waals surface area (Å²) in [7, 11) is 1.12. The van der Waals surface area contributed by atoms with Crippen molar-refractivity contribution in [1.82, 2.24) is 4.90 Å². The molecule has 196 valence electrons. The summed E-state index contributed by atoms with van der Waals surface area (Å²) in [6.45, 7) is 3.11. The maximum absolute atomic E-state index is 13.4. The fourth-order valence-corrected chi connectivity index (χ4v) is 3.23. The molecule has 1 aliphatic heterocycles. The second-order valence-electron chi connectivity index (χ2n) is 7.69. The van der Waals surface area contributed by atoms with Gasteiger partial charge >= 0.3 is 29.8 Å². The second kappa shape index (κ2) is 10.8. The third-order valence-corrected chi connectivity index (χ3v) is 4.79. The zero-order valence-corrected chi connectivity index (χ0v) is 20.4. The minimum absolute atomic E-state index is 0.0911. The zero-order chi connectivity index (χ0) is 28.3. The van der Waals surface area contributed by atoms with Gasteiger partial charge in [0.2, 0.25) is 11.5 Å². The van der Waals surface area contributed by atoms with Gasteiger partial charge in [-0.2, -0.15) is 14.5 Å². The number of amides is 4. The number of halogens is 1. The lowest BCUT2D eigenvalue weighted by Crippen LogP contribution is -2.55. The molecular weight excluding hydrogens is 507 g/mol. The fraction of sp³-hybridized carbons (Fsp3) is 0.167. The van der Waals surface area contributed by atoms with E-state index in [4.69, 9.17) is 19.9 Å². The van der Waals surface area contributed by atoms with Gasteiger partial charge < -0.3 is 19.9 Å². The fourth-order valence-electron chi connectivity index (χ4n) is 3.23. The Morgan fingerprint density at radius 3 is 1.87 bits per heavy atom. The van der Waals surface area contributed by atoms with Crippen molar-refractivity contribution in [2.24, 2.45) is 10.7 Å². The summed E-state index contributed by atoms with van der Waals surface area (Å²) in [5.74, 6) is -7.20. The maximum Gasteiger partial charge on any atom is 0.451 e. The predicted molar refractivity (Wildman–Crippen MR) is 126 cm³/mol. The number of rotatable bonds is 5. The highest BCUT2D eigenvalue weighted by atomic mass is 19.1. The number of nitrogens with zero attached hydrogens (tertiary/aromatic N) is 3. The molecule has 0 radical (unpaired) electrons. The first-order valence-corrected chi connectivity index (χ1v) is 10.7. The molecule has 0 aromatic heterocycles. The van der Waals surface area contributed by atoms with E-state index in [9.17, 15) is 33.2 Å². The number of benzene rings is 2. The molecule has 14 heteroatoms. The van der Waals surface area contributed by atoms with Gasteiger partial charge in [-0.1, -0.05) is 0 Å². The molecule has 2 N–H and O–H groups in total. The average molecular weight is 527 g/mol. The van der Waals surface area contributed by atoms with E-state index < -0.39 is 70.4 Å². The quantitative estimate of drug-likeness (QED) is 0.341. The number of urea groups is 1. The highest BCUT2D eigenvalue weighted by molar-refractivity contribution is 6.68. The number of ether oxygens (including phenoxy) is 3. The number of esters is 3. The topological polar surface area (TPSA) is 175 Å². The normalized spacial score (nSPS) is 14.4. The molecule has 3 rings (SSSR count). The first kappa shape index (κ1) is 27.3. The Balaban J connectivity index is 2.19. The molecule has 0 atom stereocenters. The predicted octanol–water partition coefficient (Wildman–Crippen LogP) is 1.48. The number of carbonyl (C=O) groups is 6. The summed E-state index contributed by atoms with van der Waals surface area (Å²) in [5, 5.41) is 0. The number of amidine groups is 1. The molecule has 0 fully saturated rings. The van der Waals surface area contributed by atoms with Gasteiger partial charge in [0, 0.05) is 26.3 Å². The minimum atomic E-state index is -1.13. The lowest BCUT2D eigenvalue weighted by molar-refractivity contribution is -0.342. The van der Waals surface area contributed by atoms with Crippen LogP contribution in [0, 0.1) is 5.82 Å². The van der Waals surface area contributed by atoms with Gasteiger partial charge in [0.25, 0.3) is 11.7 Å². The number of hydrogen-bond donors (Lipinski definition) is 1. The lowest BCUT2D eigenvalue weighted by Gasteiger charge is -2.20. The SMILES string of the molecule is CC(=O)Oc1cc(C(=O)N=C2C(=O)N(C)C(=O)[N+](c3ccc(F)cc3)=C2N)cc(OC(C)=O)c1OC(C)=O. The van der Waals surface area contributed by atoms with E-state index in [2.05, 4.69) is 4.99 Å². The molecule has 0 bridgehead atoms. The minimum Gasteiger partial charge on any atom is -0.423 e. The Bertz CT molecular complexity index is 1420. The molecule has 13 nitrogen and oxygen atoms in total. The summed E-state index contributed by atoms with van der Waals surface area (Å²) in [4.78, 5) is 77.8. The summed E-state index contributed by atoms with van der Waals surface area (Å²) < 4.78 is 29.3. The third-order valence-electron chi connectivity index (χ3n) is 4.79. The summed E-state index contributed by atoms with van der Waals surface area (Å²) in [5.41, 5.74) is 5.13. The van der Waals surface area contributed by atoms with Crippen molar-refractivity contribution in [2.45, 2.75) is 20.8 Å². The van der Waals surface area contributed by atoms with Crippen LogP contribution in [-0.4, -0.2) is 63.8 Å². The summed E-state index contributed by atoms with van der Waals surface area (Å²) >= 11 is 0. The van der Waals surface area contributed by atoms with Crippen LogP contribution < -0.4 is 19.9 Å². The van der Waals surface area contributed by atoms with E-state index in [1.54, 1.807) is 0 Å². The van der Waals surface area contributed by atoms with E-state index in [0.29, 0.717) is 4.90 Å². The van der Waals surface area contributed by atoms with Gasteiger partial charge in [-0.25, -0.2) is 14.0 Å². The first-order chi connectivity index (χ1) is 17.8. The Morgan fingerprint density at radius 2 is 1.39 bits per heavy atom. The molecule has 0 aliphatic carbocycles. The van der Waals surface area contributed by atoms with Crippen molar-refractivity contribution >= 4 is 53.0 Å². The number of nitrogens with two attached hydrogens (primary N) is 1. The van der Waals surface area contributed by atoms with E-state index in [1.165, 1.54) is 12.1 Å². The molecule has 1 aliphatic rings. The van der Waals surface area contributed by atoms with Gasteiger partial charge in [0.15, 0.2) is 11.5 Å². The van der Waals surface area contributed by atoms with E-state index in [-0.39, 0.29) is 11.3 Å². The van der Waals surface area contributed by atoms with Gasteiger partial charge in [-0.3, -0.25) is 19.2 Å². The average Bonchev–Trinajstić information content (AvgIpc) is 2.82. The summed E-state index contributed by atoms with van der Waals surface area (Å²) in [6, 6.07) is 5.63. The number of carbonyl (C=O) groups excluding carboxylic acids is 6. The molecule has 4 amide bonds. The second-order valence-corrected chi connectivity index (χ2v) is 7.69. The Labute approximate surface area is 213 Å². The lowest BCUT2D eigenvalue weighted by atomic mass is 10.1. The van der Waals surface area contributed by atoms with Gasteiger partial charge in [0.05, 0.1) is 7.05 Å². The van der Waals surface area contributed by atoms with Crippen molar-refractivity contribution in [1.29, 1.82) is 0 Å². The van der Waals surface area contributed by atoms with Crippen molar-refractivity contribution in [2.75, 3.05) is 7.05 Å². The van der Waals surface area contributed by atoms with Crippen molar-refractivity contribution < 1.29 is 51.9 Å². The number of imide groups is 1. The van der Waals surface area contributed by atoms with Crippen LogP contribution in [0.4, 0.5) is 14.9 Å². The Hall–Kier alpha value is -5.27. The Kier molecular flexibility index (Phi) is 7.75. The highest BCUT2D eigenvalue weighted by Gasteiger charge is 2.42. The Morgan fingerprint density at radius 1 is 0.895 bits per heavy atom. The van der Waals surface area contributed by atoms with E-state index >= 15 is 0 Å². The molecule has 38 heavy (non-hydrogen) atoms. The molecule has 0 saturated heterocycles. The van der Waals surface area contributed by atoms with Crippen molar-refractivity contribution in [3.63, 3.8) is 0 Å². The smallest absolute Gasteiger partial charge is 0.423 e. The van der Waals surface area contributed by atoms with Crippen LogP contribution in [0.3, 0.4) is 0 Å². The maximum atomic E-state index is 13.4. The van der Waals surface area contributed by atoms with E-state index in [0.717, 1.165) is 56.7 Å². The van der Waals surface area contributed by atoms with Gasteiger partial charge in [-0.15, -0.1) is 0 Å². The van der Waals surface area contributed by atoms with Crippen LogP contribution >= 0.6 is 0 Å². The van der Waals surface area contributed by atoms with E-state index in [1.807, 2.05) is 0 Å². The van der Waals surface area contributed by atoms with Crippen molar-refractivity contribution in [3.05, 3.63) is 47.8 Å². The molecule has 2 aromatic rings.